The lowest BCUT2D eigenvalue weighted by Gasteiger charge is -2.09. The van der Waals surface area contributed by atoms with E-state index < -0.39 is 11.9 Å². The molecule has 0 unspecified atom stereocenters. The number of hydrazone groups is 1. The molecule has 2 aromatic rings. The Morgan fingerprint density at radius 2 is 1.65 bits per heavy atom. The smallest absolute Gasteiger partial charge is 0.303 e. The lowest BCUT2D eigenvalue weighted by molar-refractivity contribution is -0.136. The highest BCUT2D eigenvalue weighted by molar-refractivity contribution is 6.03. The first kappa shape index (κ1) is 19.0. The summed E-state index contributed by atoms with van der Waals surface area (Å²) in [5.41, 5.74) is 4.05. The quantitative estimate of drug-likeness (QED) is 0.560. The van der Waals surface area contributed by atoms with Crippen LogP contribution in [-0.2, 0) is 4.79 Å². The van der Waals surface area contributed by atoms with Crippen LogP contribution in [0.4, 0.5) is 0 Å². The number of nitrogens with one attached hydrogen (secondary N) is 1. The van der Waals surface area contributed by atoms with Gasteiger partial charge in [0.25, 0.3) is 5.91 Å². The highest BCUT2D eigenvalue weighted by Crippen LogP contribution is 2.27. The van der Waals surface area contributed by atoms with Gasteiger partial charge in [0.05, 0.1) is 26.4 Å². The van der Waals surface area contributed by atoms with Crippen LogP contribution < -0.4 is 14.9 Å². The minimum absolute atomic E-state index is 0.0834. The summed E-state index contributed by atoms with van der Waals surface area (Å²) in [5.74, 6) is -0.424. The Bertz CT molecular complexity index is 803. The fourth-order valence-electron chi connectivity index (χ4n) is 2.28. The lowest BCUT2D eigenvalue weighted by atomic mass is 10.1. The molecule has 0 fully saturated rings. The summed E-state index contributed by atoms with van der Waals surface area (Å²) in [4.78, 5) is 23.2. The van der Waals surface area contributed by atoms with Crippen LogP contribution in [0.15, 0.2) is 53.6 Å². The topological polar surface area (TPSA) is 97.2 Å². The molecule has 0 aliphatic carbocycles. The molecule has 0 radical (unpaired) electrons. The Balaban J connectivity index is 2.20. The van der Waals surface area contributed by atoms with Crippen LogP contribution in [-0.4, -0.2) is 36.9 Å². The standard InChI is InChI=1S/C19H20N2O5/c1-25-16-10-8-14(12-17(16)26-2)19(24)21-20-15(9-11-18(22)23)13-6-4-3-5-7-13/h3-8,10,12H,9,11H2,1-2H3,(H,21,24)(H,22,23)/b20-15-. The molecular weight excluding hydrogens is 336 g/mol. The molecule has 0 aliphatic rings. The third-order valence-corrected chi connectivity index (χ3v) is 3.62. The monoisotopic (exact) mass is 356 g/mol. The molecule has 0 atom stereocenters. The molecular formula is C19H20N2O5. The average Bonchev–Trinajstić information content (AvgIpc) is 2.67. The van der Waals surface area contributed by atoms with Crippen molar-refractivity contribution in [1.29, 1.82) is 0 Å². The highest BCUT2D eigenvalue weighted by atomic mass is 16.5. The molecule has 0 bridgehead atoms. The Kier molecular flexibility index (Phi) is 6.73. The van der Waals surface area contributed by atoms with Crippen molar-refractivity contribution in [3.63, 3.8) is 0 Å². The van der Waals surface area contributed by atoms with E-state index in [2.05, 4.69) is 10.5 Å². The van der Waals surface area contributed by atoms with E-state index in [9.17, 15) is 9.59 Å². The largest absolute Gasteiger partial charge is 0.493 e. The van der Waals surface area contributed by atoms with Gasteiger partial charge in [-0.05, 0) is 23.8 Å². The van der Waals surface area contributed by atoms with E-state index >= 15 is 0 Å². The van der Waals surface area contributed by atoms with Crippen molar-refractivity contribution in [1.82, 2.24) is 5.43 Å². The average molecular weight is 356 g/mol. The number of aliphatic carboxylic acids is 1. The summed E-state index contributed by atoms with van der Waals surface area (Å²) in [6, 6.07) is 13.9. The normalized spacial score (nSPS) is 10.9. The van der Waals surface area contributed by atoms with Gasteiger partial charge >= 0.3 is 5.97 Å². The predicted octanol–water partition coefficient (Wildman–Crippen LogP) is 2.70. The molecule has 0 saturated heterocycles. The number of carbonyl (C=O) groups excluding carboxylic acids is 1. The van der Waals surface area contributed by atoms with Gasteiger partial charge in [0.15, 0.2) is 11.5 Å². The van der Waals surface area contributed by atoms with E-state index in [1.54, 1.807) is 18.2 Å². The molecule has 2 rings (SSSR count). The Labute approximate surface area is 151 Å². The van der Waals surface area contributed by atoms with Crippen molar-refractivity contribution < 1.29 is 24.2 Å². The predicted molar refractivity (Wildman–Crippen MR) is 96.9 cm³/mol. The molecule has 2 aromatic carbocycles. The van der Waals surface area contributed by atoms with Crippen LogP contribution in [0.5, 0.6) is 11.5 Å². The molecule has 0 spiro atoms. The molecule has 7 nitrogen and oxygen atoms in total. The number of hydrogen-bond donors (Lipinski definition) is 2. The summed E-state index contributed by atoms with van der Waals surface area (Å²) in [5, 5.41) is 13.0. The molecule has 2 N–H and O–H groups in total. The number of hydrogen-bond acceptors (Lipinski definition) is 5. The van der Waals surface area contributed by atoms with Crippen LogP contribution in [0.25, 0.3) is 0 Å². The number of carboxylic acids is 1. The summed E-state index contributed by atoms with van der Waals surface area (Å²) < 4.78 is 10.3. The molecule has 0 heterocycles. The number of nitrogens with zero attached hydrogens (tertiary/aromatic N) is 1. The van der Waals surface area contributed by atoms with Gasteiger partial charge in [0, 0.05) is 12.0 Å². The van der Waals surface area contributed by atoms with Crippen molar-refractivity contribution in [2.45, 2.75) is 12.8 Å². The number of carboxylic acid groups (broad SMARTS) is 1. The van der Waals surface area contributed by atoms with Gasteiger partial charge in [-0.15, -0.1) is 0 Å². The molecule has 26 heavy (non-hydrogen) atoms. The number of methoxy groups -OCH3 is 2. The van der Waals surface area contributed by atoms with Crippen LogP contribution in [0, 0.1) is 0 Å². The van der Waals surface area contributed by atoms with Gasteiger partial charge in [-0.1, -0.05) is 30.3 Å². The van der Waals surface area contributed by atoms with Gasteiger partial charge in [-0.2, -0.15) is 5.10 Å². The second-order valence-corrected chi connectivity index (χ2v) is 5.33. The van der Waals surface area contributed by atoms with E-state index in [-0.39, 0.29) is 12.8 Å². The Morgan fingerprint density at radius 1 is 0.962 bits per heavy atom. The molecule has 0 aliphatic heterocycles. The second kappa shape index (κ2) is 9.22. The van der Waals surface area contributed by atoms with E-state index in [4.69, 9.17) is 14.6 Å². The molecule has 7 heteroatoms. The zero-order chi connectivity index (χ0) is 18.9. The first-order valence-corrected chi connectivity index (χ1v) is 7.91. The van der Waals surface area contributed by atoms with Crippen molar-refractivity contribution in [3.8, 4) is 11.5 Å². The minimum Gasteiger partial charge on any atom is -0.493 e. The summed E-state index contributed by atoms with van der Waals surface area (Å²) in [6.45, 7) is 0. The summed E-state index contributed by atoms with van der Waals surface area (Å²) in [7, 11) is 2.99. The summed E-state index contributed by atoms with van der Waals surface area (Å²) in [6.07, 6.45) is 0.117. The van der Waals surface area contributed by atoms with Crippen molar-refractivity contribution >= 4 is 17.6 Å². The second-order valence-electron chi connectivity index (χ2n) is 5.33. The highest BCUT2D eigenvalue weighted by Gasteiger charge is 2.12. The maximum atomic E-state index is 12.4. The van der Waals surface area contributed by atoms with Gasteiger partial charge in [-0.25, -0.2) is 5.43 Å². The first-order chi connectivity index (χ1) is 12.5. The molecule has 136 valence electrons. The van der Waals surface area contributed by atoms with Gasteiger partial charge < -0.3 is 14.6 Å². The van der Waals surface area contributed by atoms with Crippen LogP contribution in [0.2, 0.25) is 0 Å². The van der Waals surface area contributed by atoms with E-state index in [0.29, 0.717) is 22.8 Å². The lowest BCUT2D eigenvalue weighted by Crippen LogP contribution is -2.20. The van der Waals surface area contributed by atoms with Crippen LogP contribution >= 0.6 is 0 Å². The minimum atomic E-state index is -0.931. The van der Waals surface area contributed by atoms with Gasteiger partial charge in [-0.3, -0.25) is 9.59 Å². The molecule has 0 aromatic heterocycles. The SMILES string of the molecule is COc1ccc(C(=O)N/N=C(/CCC(=O)O)c2ccccc2)cc1OC. The fourth-order valence-corrected chi connectivity index (χ4v) is 2.28. The summed E-state index contributed by atoms with van der Waals surface area (Å²) >= 11 is 0. The molecule has 1 amide bonds. The third kappa shape index (κ3) is 5.07. The Morgan fingerprint density at radius 3 is 2.27 bits per heavy atom. The maximum absolute atomic E-state index is 12.4. The number of amides is 1. The van der Waals surface area contributed by atoms with Gasteiger partial charge in [0.2, 0.25) is 0 Å². The number of carbonyl (C=O) groups is 2. The van der Waals surface area contributed by atoms with E-state index in [0.717, 1.165) is 5.56 Å². The maximum Gasteiger partial charge on any atom is 0.303 e. The van der Waals surface area contributed by atoms with Crippen LogP contribution in [0.3, 0.4) is 0 Å². The fraction of sp³-hybridized carbons (Fsp3) is 0.211. The zero-order valence-corrected chi connectivity index (χ0v) is 14.6. The molecule has 0 saturated carbocycles. The van der Waals surface area contributed by atoms with Crippen molar-refractivity contribution in [3.05, 3.63) is 59.7 Å². The Hall–Kier alpha value is -3.35. The number of benzene rings is 2. The van der Waals surface area contributed by atoms with Crippen molar-refractivity contribution in [2.75, 3.05) is 14.2 Å². The number of ether oxygens (including phenoxy) is 2. The first-order valence-electron chi connectivity index (χ1n) is 7.91. The van der Waals surface area contributed by atoms with E-state index in [1.165, 1.54) is 14.2 Å². The van der Waals surface area contributed by atoms with Crippen molar-refractivity contribution in [2.24, 2.45) is 5.10 Å². The van der Waals surface area contributed by atoms with E-state index in [1.807, 2.05) is 30.3 Å². The van der Waals surface area contributed by atoms with Gasteiger partial charge in [0.1, 0.15) is 0 Å². The van der Waals surface area contributed by atoms with Crippen LogP contribution in [0.1, 0.15) is 28.8 Å². The third-order valence-electron chi connectivity index (χ3n) is 3.62. The zero-order valence-electron chi connectivity index (χ0n) is 14.6. The number of rotatable bonds is 8.